The number of benzene rings is 1. The minimum absolute atomic E-state index is 0.0180. The summed E-state index contributed by atoms with van der Waals surface area (Å²) in [7, 11) is 1.27. The molecular weight excluding hydrogens is 282 g/mol. The number of nitro groups is 1. The van der Waals surface area contributed by atoms with Gasteiger partial charge < -0.3 is 9.84 Å². The second-order valence-electron chi connectivity index (χ2n) is 2.94. The lowest BCUT2D eigenvalue weighted by molar-refractivity contribution is -0.385. The van der Waals surface area contributed by atoms with Crippen LogP contribution in [0.3, 0.4) is 0 Å². The number of nitro benzene ring substituents is 1. The van der Waals surface area contributed by atoms with Gasteiger partial charge in [0.1, 0.15) is 0 Å². The summed E-state index contributed by atoms with van der Waals surface area (Å²) < 4.78 is 5.31. The number of ether oxygens (including phenoxy) is 1. The molecule has 1 rings (SSSR count). The largest absolute Gasteiger partial charge is 0.490 e. The average Bonchev–Trinajstić information content (AvgIpc) is 2.15. The van der Waals surface area contributed by atoms with Gasteiger partial charge in [-0.15, -0.1) is 0 Å². The molecule has 0 heterocycles. The van der Waals surface area contributed by atoms with Gasteiger partial charge >= 0.3 is 11.7 Å². The predicted octanol–water partition coefficient (Wildman–Crippen LogP) is 1.99. The molecule has 0 saturated carbocycles. The third-order valence-electron chi connectivity index (χ3n) is 1.85. The van der Waals surface area contributed by atoms with Crippen LogP contribution in [0.25, 0.3) is 0 Å². The molecule has 1 N–H and O–H groups in total. The van der Waals surface area contributed by atoms with Crippen LogP contribution in [0.15, 0.2) is 16.6 Å². The molecule has 0 aliphatic carbocycles. The first-order valence-corrected chi connectivity index (χ1v) is 4.97. The molecule has 7 heteroatoms. The SMILES string of the molecule is COc1c(CC(=O)O)cc(Br)cc1[N+](=O)[O-]. The van der Waals surface area contributed by atoms with Gasteiger partial charge in [0.25, 0.3) is 0 Å². The first-order chi connectivity index (χ1) is 7.45. The van der Waals surface area contributed by atoms with Gasteiger partial charge in [0, 0.05) is 16.1 Å². The molecular formula is C9H8BrNO5. The quantitative estimate of drug-likeness (QED) is 0.676. The maximum atomic E-state index is 10.7. The van der Waals surface area contributed by atoms with Crippen LogP contribution >= 0.6 is 15.9 Å². The van der Waals surface area contributed by atoms with E-state index >= 15 is 0 Å². The number of methoxy groups -OCH3 is 1. The zero-order valence-corrected chi connectivity index (χ0v) is 9.85. The standard InChI is InChI=1S/C9H8BrNO5/c1-16-9-5(3-8(12)13)2-6(10)4-7(9)11(14)15/h2,4H,3H2,1H3,(H,12,13). The molecule has 0 aliphatic rings. The summed E-state index contributed by atoms with van der Waals surface area (Å²) in [6, 6.07) is 2.75. The predicted molar refractivity (Wildman–Crippen MR) is 58.7 cm³/mol. The van der Waals surface area contributed by atoms with Gasteiger partial charge in [-0.1, -0.05) is 15.9 Å². The van der Waals surface area contributed by atoms with E-state index in [4.69, 9.17) is 9.84 Å². The van der Waals surface area contributed by atoms with E-state index in [9.17, 15) is 14.9 Å². The van der Waals surface area contributed by atoms with E-state index in [1.54, 1.807) is 0 Å². The maximum Gasteiger partial charge on any atom is 0.312 e. The smallest absolute Gasteiger partial charge is 0.312 e. The third kappa shape index (κ3) is 2.69. The van der Waals surface area contributed by atoms with Crippen molar-refractivity contribution in [3.63, 3.8) is 0 Å². The molecule has 0 atom stereocenters. The summed E-state index contributed by atoms with van der Waals surface area (Å²) in [5.41, 5.74) is 0.00389. The van der Waals surface area contributed by atoms with E-state index in [-0.39, 0.29) is 23.4 Å². The van der Waals surface area contributed by atoms with Gasteiger partial charge in [-0.25, -0.2) is 0 Å². The van der Waals surface area contributed by atoms with Crippen LogP contribution < -0.4 is 4.74 Å². The molecule has 0 aromatic heterocycles. The Hall–Kier alpha value is -1.63. The highest BCUT2D eigenvalue weighted by atomic mass is 79.9. The molecule has 0 amide bonds. The first kappa shape index (κ1) is 12.4. The Bertz CT molecular complexity index is 446. The maximum absolute atomic E-state index is 10.7. The minimum atomic E-state index is -1.08. The van der Waals surface area contributed by atoms with Crippen LogP contribution in [-0.4, -0.2) is 23.1 Å². The molecule has 0 spiro atoms. The molecule has 1 aromatic carbocycles. The van der Waals surface area contributed by atoms with Gasteiger partial charge in [-0.2, -0.15) is 0 Å². The van der Waals surface area contributed by atoms with Crippen molar-refractivity contribution in [1.29, 1.82) is 0 Å². The number of hydrogen-bond acceptors (Lipinski definition) is 4. The number of carboxylic acid groups (broad SMARTS) is 1. The topological polar surface area (TPSA) is 89.7 Å². The van der Waals surface area contributed by atoms with Crippen molar-refractivity contribution < 1.29 is 19.6 Å². The van der Waals surface area contributed by atoms with Gasteiger partial charge in [-0.3, -0.25) is 14.9 Å². The van der Waals surface area contributed by atoms with Crippen LogP contribution in [0.4, 0.5) is 5.69 Å². The Labute approximate surface area is 99.1 Å². The van der Waals surface area contributed by atoms with Gasteiger partial charge in [0.05, 0.1) is 18.5 Å². The number of aliphatic carboxylic acids is 1. The fourth-order valence-corrected chi connectivity index (χ4v) is 1.79. The number of rotatable bonds is 4. The van der Waals surface area contributed by atoms with Crippen molar-refractivity contribution in [2.75, 3.05) is 7.11 Å². The summed E-state index contributed by atoms with van der Waals surface area (Å²) in [6.07, 6.45) is -0.330. The first-order valence-electron chi connectivity index (χ1n) is 4.18. The fraction of sp³-hybridized carbons (Fsp3) is 0.222. The number of nitrogens with zero attached hydrogens (tertiary/aromatic N) is 1. The highest BCUT2D eigenvalue weighted by molar-refractivity contribution is 9.10. The molecule has 1 aromatic rings. The second-order valence-corrected chi connectivity index (χ2v) is 3.86. The lowest BCUT2D eigenvalue weighted by Crippen LogP contribution is -2.04. The summed E-state index contributed by atoms with van der Waals surface area (Å²) in [5.74, 6) is -1.10. The minimum Gasteiger partial charge on any atom is -0.490 e. The summed E-state index contributed by atoms with van der Waals surface area (Å²) in [4.78, 5) is 20.7. The molecule has 0 radical (unpaired) electrons. The van der Waals surface area contributed by atoms with E-state index < -0.39 is 10.9 Å². The van der Waals surface area contributed by atoms with Gasteiger partial charge in [-0.05, 0) is 6.07 Å². The molecule has 6 nitrogen and oxygen atoms in total. The Kier molecular flexibility index (Phi) is 3.83. The number of carboxylic acids is 1. The zero-order valence-electron chi connectivity index (χ0n) is 8.27. The summed E-state index contributed by atoms with van der Waals surface area (Å²) >= 11 is 3.08. The molecule has 0 aliphatic heterocycles. The van der Waals surface area contributed by atoms with E-state index in [1.807, 2.05) is 0 Å². The van der Waals surface area contributed by atoms with E-state index in [1.165, 1.54) is 19.2 Å². The van der Waals surface area contributed by atoms with Crippen LogP contribution in [0.5, 0.6) is 5.75 Å². The lowest BCUT2D eigenvalue weighted by Gasteiger charge is -2.07. The van der Waals surface area contributed by atoms with Crippen LogP contribution in [0, 0.1) is 10.1 Å². The van der Waals surface area contributed by atoms with Crippen molar-refractivity contribution >= 4 is 27.6 Å². The molecule has 0 fully saturated rings. The van der Waals surface area contributed by atoms with Crippen molar-refractivity contribution in [1.82, 2.24) is 0 Å². The highest BCUT2D eigenvalue weighted by Crippen LogP contribution is 2.34. The Morgan fingerprint density at radius 1 is 1.62 bits per heavy atom. The number of halogens is 1. The van der Waals surface area contributed by atoms with Crippen molar-refractivity contribution in [2.45, 2.75) is 6.42 Å². The molecule has 86 valence electrons. The zero-order chi connectivity index (χ0) is 12.3. The van der Waals surface area contributed by atoms with Crippen molar-refractivity contribution in [2.24, 2.45) is 0 Å². The Morgan fingerprint density at radius 3 is 2.69 bits per heavy atom. The second kappa shape index (κ2) is 4.93. The highest BCUT2D eigenvalue weighted by Gasteiger charge is 2.21. The third-order valence-corrected chi connectivity index (χ3v) is 2.31. The van der Waals surface area contributed by atoms with Crippen molar-refractivity contribution in [3.05, 3.63) is 32.3 Å². The van der Waals surface area contributed by atoms with Crippen LogP contribution in [-0.2, 0) is 11.2 Å². The average molecular weight is 290 g/mol. The van der Waals surface area contributed by atoms with Crippen LogP contribution in [0.1, 0.15) is 5.56 Å². The monoisotopic (exact) mass is 289 g/mol. The Morgan fingerprint density at radius 2 is 2.25 bits per heavy atom. The number of carbonyl (C=O) groups is 1. The van der Waals surface area contributed by atoms with E-state index in [0.29, 0.717) is 4.47 Å². The summed E-state index contributed by atoms with van der Waals surface area (Å²) in [6.45, 7) is 0. The van der Waals surface area contributed by atoms with E-state index in [0.717, 1.165) is 0 Å². The molecule has 16 heavy (non-hydrogen) atoms. The van der Waals surface area contributed by atoms with E-state index in [2.05, 4.69) is 15.9 Å². The summed E-state index contributed by atoms with van der Waals surface area (Å²) in [5, 5.41) is 19.4. The fourth-order valence-electron chi connectivity index (χ4n) is 1.30. The van der Waals surface area contributed by atoms with Crippen molar-refractivity contribution in [3.8, 4) is 5.75 Å². The van der Waals surface area contributed by atoms with Gasteiger partial charge in [0.15, 0.2) is 0 Å². The Balaban J connectivity index is 3.35. The molecule has 0 bridgehead atoms. The molecule has 0 saturated heterocycles. The normalized spacial score (nSPS) is 9.88. The number of hydrogen-bond donors (Lipinski definition) is 1. The lowest BCUT2D eigenvalue weighted by atomic mass is 10.1. The molecule has 0 unspecified atom stereocenters. The van der Waals surface area contributed by atoms with Crippen LogP contribution in [0.2, 0.25) is 0 Å². The van der Waals surface area contributed by atoms with Gasteiger partial charge in [0.2, 0.25) is 5.75 Å².